The molecule has 2 aliphatic carbocycles. The molecule has 166 valence electrons. The standard InChI is InChI=1S/C26H26O4S2/c27-31(28,20-10-3-1-4-11-20)24-17-18-25(32(29,30)21-12-5-2-6-13-21)26-22-14-8-7-9-19(22)15-16-23(24)26/h1-6,10-13,17-19,22H,7-9,14-16H2/t19-,22+/m1/s1. The van der Waals surface area contributed by atoms with Crippen molar-refractivity contribution in [2.24, 2.45) is 5.92 Å². The molecule has 1 fully saturated rings. The van der Waals surface area contributed by atoms with Crippen molar-refractivity contribution in [1.29, 1.82) is 0 Å². The van der Waals surface area contributed by atoms with E-state index in [0.29, 0.717) is 17.9 Å². The quantitative estimate of drug-likeness (QED) is 0.504. The predicted octanol–water partition coefficient (Wildman–Crippen LogP) is 5.57. The van der Waals surface area contributed by atoms with E-state index in [2.05, 4.69) is 0 Å². The first-order valence-electron chi connectivity index (χ1n) is 11.2. The van der Waals surface area contributed by atoms with Crippen molar-refractivity contribution >= 4 is 19.7 Å². The molecule has 1 saturated carbocycles. The summed E-state index contributed by atoms with van der Waals surface area (Å²) in [7, 11) is -7.49. The lowest BCUT2D eigenvalue weighted by Gasteiger charge is -2.39. The fraction of sp³-hybridized carbons (Fsp3) is 0.308. The van der Waals surface area contributed by atoms with Gasteiger partial charge in [-0.1, -0.05) is 49.2 Å². The first-order chi connectivity index (χ1) is 15.4. The van der Waals surface area contributed by atoms with E-state index < -0.39 is 19.7 Å². The summed E-state index contributed by atoms with van der Waals surface area (Å²) >= 11 is 0. The summed E-state index contributed by atoms with van der Waals surface area (Å²) in [6.45, 7) is 0. The van der Waals surface area contributed by atoms with Gasteiger partial charge in [0.2, 0.25) is 19.7 Å². The summed E-state index contributed by atoms with van der Waals surface area (Å²) in [5.74, 6) is 0.502. The molecular weight excluding hydrogens is 440 g/mol. The SMILES string of the molecule is O=S(=O)(c1ccccc1)c1ccc(S(=O)(=O)c2ccccc2)c2c1CC[C@H]1CCCC[C@H]21. The second-order valence-electron chi connectivity index (χ2n) is 8.78. The van der Waals surface area contributed by atoms with E-state index in [1.165, 1.54) is 12.1 Å². The minimum atomic E-state index is -3.75. The molecule has 2 aliphatic rings. The van der Waals surface area contributed by atoms with Gasteiger partial charge in [-0.15, -0.1) is 0 Å². The van der Waals surface area contributed by atoms with Gasteiger partial charge in [0, 0.05) is 0 Å². The van der Waals surface area contributed by atoms with Crippen LogP contribution in [0.3, 0.4) is 0 Å². The van der Waals surface area contributed by atoms with E-state index in [9.17, 15) is 16.8 Å². The molecular formula is C26H26O4S2. The van der Waals surface area contributed by atoms with Crippen LogP contribution in [0.2, 0.25) is 0 Å². The third-order valence-corrected chi connectivity index (χ3v) is 10.7. The van der Waals surface area contributed by atoms with Crippen molar-refractivity contribution < 1.29 is 16.8 Å². The Morgan fingerprint density at radius 2 is 1.12 bits per heavy atom. The van der Waals surface area contributed by atoms with E-state index in [1.54, 1.807) is 60.7 Å². The van der Waals surface area contributed by atoms with Gasteiger partial charge in [0.1, 0.15) is 0 Å². The molecule has 3 aromatic carbocycles. The van der Waals surface area contributed by atoms with E-state index in [-0.39, 0.29) is 25.5 Å². The van der Waals surface area contributed by atoms with Crippen LogP contribution >= 0.6 is 0 Å². The fourth-order valence-corrected chi connectivity index (χ4v) is 8.62. The lowest BCUT2D eigenvalue weighted by Crippen LogP contribution is -2.27. The summed E-state index contributed by atoms with van der Waals surface area (Å²) < 4.78 is 54.4. The minimum absolute atomic E-state index is 0.0897. The molecule has 4 nitrogen and oxygen atoms in total. The number of sulfone groups is 2. The van der Waals surface area contributed by atoms with Crippen molar-refractivity contribution in [2.45, 2.75) is 64.0 Å². The van der Waals surface area contributed by atoms with E-state index in [0.717, 1.165) is 37.7 Å². The van der Waals surface area contributed by atoms with Crippen LogP contribution in [-0.2, 0) is 26.1 Å². The molecule has 3 aromatic rings. The molecule has 6 heteroatoms. The Labute approximate surface area is 190 Å². The Morgan fingerprint density at radius 3 is 1.75 bits per heavy atom. The molecule has 0 N–H and O–H groups in total. The van der Waals surface area contributed by atoms with Crippen LogP contribution in [0.4, 0.5) is 0 Å². The molecule has 0 radical (unpaired) electrons. The van der Waals surface area contributed by atoms with Gasteiger partial charge in [0.05, 0.1) is 19.6 Å². The normalized spacial score (nSPS) is 20.9. The highest BCUT2D eigenvalue weighted by Crippen LogP contribution is 2.49. The molecule has 0 unspecified atom stereocenters. The lowest BCUT2D eigenvalue weighted by atomic mass is 9.68. The Morgan fingerprint density at radius 1 is 0.594 bits per heavy atom. The van der Waals surface area contributed by atoms with Gasteiger partial charge in [-0.2, -0.15) is 0 Å². The van der Waals surface area contributed by atoms with Gasteiger partial charge < -0.3 is 0 Å². The van der Waals surface area contributed by atoms with Crippen LogP contribution in [-0.4, -0.2) is 16.8 Å². The van der Waals surface area contributed by atoms with Crippen LogP contribution in [0, 0.1) is 5.92 Å². The molecule has 0 aromatic heterocycles. The van der Waals surface area contributed by atoms with Crippen molar-refractivity contribution in [3.63, 3.8) is 0 Å². The zero-order chi connectivity index (χ0) is 22.3. The molecule has 0 aliphatic heterocycles. The van der Waals surface area contributed by atoms with Crippen molar-refractivity contribution in [1.82, 2.24) is 0 Å². The smallest absolute Gasteiger partial charge is 0.206 e. The Bertz CT molecular complexity index is 1350. The highest BCUT2D eigenvalue weighted by Gasteiger charge is 2.39. The van der Waals surface area contributed by atoms with Gasteiger partial charge in [-0.05, 0) is 85.0 Å². The van der Waals surface area contributed by atoms with Gasteiger partial charge in [0.25, 0.3) is 0 Å². The van der Waals surface area contributed by atoms with Crippen molar-refractivity contribution in [3.8, 4) is 0 Å². The first-order valence-corrected chi connectivity index (χ1v) is 14.1. The van der Waals surface area contributed by atoms with Gasteiger partial charge in [-0.3, -0.25) is 0 Å². The molecule has 5 rings (SSSR count). The summed E-state index contributed by atoms with van der Waals surface area (Å²) in [6.07, 6.45) is 5.68. The lowest BCUT2D eigenvalue weighted by molar-refractivity contribution is 0.270. The Hall–Kier alpha value is -2.44. The van der Waals surface area contributed by atoms with Crippen molar-refractivity contribution in [3.05, 3.63) is 83.9 Å². The second-order valence-corrected chi connectivity index (χ2v) is 12.6. The predicted molar refractivity (Wildman–Crippen MR) is 123 cm³/mol. The van der Waals surface area contributed by atoms with E-state index in [1.807, 2.05) is 0 Å². The Kier molecular flexibility index (Phi) is 5.46. The number of fused-ring (bicyclic) bond motifs is 3. The van der Waals surface area contributed by atoms with Crippen molar-refractivity contribution in [2.75, 3.05) is 0 Å². The van der Waals surface area contributed by atoms with Gasteiger partial charge in [-0.25, -0.2) is 16.8 Å². The molecule has 0 bridgehead atoms. The summed E-state index contributed by atoms with van der Waals surface area (Å²) in [5.41, 5.74) is 1.45. The zero-order valence-electron chi connectivity index (χ0n) is 17.8. The maximum absolute atomic E-state index is 13.7. The molecule has 0 saturated heterocycles. The first kappa shape index (κ1) is 21.4. The van der Waals surface area contributed by atoms with Crippen LogP contribution in [0.15, 0.2) is 92.4 Å². The van der Waals surface area contributed by atoms with Gasteiger partial charge in [0.15, 0.2) is 0 Å². The van der Waals surface area contributed by atoms with E-state index >= 15 is 0 Å². The molecule has 0 heterocycles. The minimum Gasteiger partial charge on any atom is -0.219 e. The number of hydrogen-bond donors (Lipinski definition) is 0. The third-order valence-electron chi connectivity index (χ3n) is 7.01. The average Bonchev–Trinajstić information content (AvgIpc) is 2.84. The topological polar surface area (TPSA) is 68.3 Å². The van der Waals surface area contributed by atoms with Crippen LogP contribution in [0.5, 0.6) is 0 Å². The largest absolute Gasteiger partial charge is 0.219 e. The molecule has 2 atom stereocenters. The molecule has 0 spiro atoms. The summed E-state index contributed by atoms with van der Waals surface area (Å²) in [6, 6.07) is 19.9. The van der Waals surface area contributed by atoms with Crippen LogP contribution in [0.1, 0.15) is 49.1 Å². The highest BCUT2D eigenvalue weighted by atomic mass is 32.2. The Balaban J connectivity index is 1.76. The highest BCUT2D eigenvalue weighted by molar-refractivity contribution is 7.92. The number of rotatable bonds is 4. The van der Waals surface area contributed by atoms with Gasteiger partial charge >= 0.3 is 0 Å². The summed E-state index contributed by atoms with van der Waals surface area (Å²) in [4.78, 5) is 1.03. The maximum Gasteiger partial charge on any atom is 0.206 e. The fourth-order valence-electron chi connectivity index (χ4n) is 5.49. The number of benzene rings is 3. The molecule has 0 amide bonds. The summed E-state index contributed by atoms with van der Waals surface area (Å²) in [5, 5.41) is 0. The van der Waals surface area contributed by atoms with Crippen LogP contribution in [0.25, 0.3) is 0 Å². The average molecular weight is 467 g/mol. The van der Waals surface area contributed by atoms with Crippen LogP contribution < -0.4 is 0 Å². The molecule has 32 heavy (non-hydrogen) atoms. The zero-order valence-corrected chi connectivity index (χ0v) is 19.4. The monoisotopic (exact) mass is 466 g/mol. The maximum atomic E-state index is 13.7. The second kappa shape index (κ2) is 8.16. The van der Waals surface area contributed by atoms with E-state index in [4.69, 9.17) is 0 Å². The third kappa shape index (κ3) is 3.50. The number of hydrogen-bond acceptors (Lipinski definition) is 4.